The van der Waals surface area contributed by atoms with Crippen molar-refractivity contribution in [3.63, 3.8) is 0 Å². The van der Waals surface area contributed by atoms with Crippen molar-refractivity contribution in [1.82, 2.24) is 0 Å². The van der Waals surface area contributed by atoms with Crippen molar-refractivity contribution in [3.05, 3.63) is 59.7 Å². The van der Waals surface area contributed by atoms with Gasteiger partial charge >= 0.3 is 12.6 Å². The van der Waals surface area contributed by atoms with Crippen LogP contribution in [0.2, 0.25) is 0 Å². The van der Waals surface area contributed by atoms with Crippen LogP contribution in [0.3, 0.4) is 0 Å². The Labute approximate surface area is 196 Å². The second kappa shape index (κ2) is 12.5. The van der Waals surface area contributed by atoms with Crippen LogP contribution in [-0.2, 0) is 15.1 Å². The van der Waals surface area contributed by atoms with Crippen LogP contribution in [0.1, 0.15) is 94.6 Å². The Morgan fingerprint density at radius 1 is 1.03 bits per heavy atom. The second-order valence-electron chi connectivity index (χ2n) is 9.62. The average Bonchev–Trinajstić information content (AvgIpc) is 2.81. The quantitative estimate of drug-likeness (QED) is 0.254. The van der Waals surface area contributed by atoms with Crippen LogP contribution in [0.4, 0.5) is 8.78 Å². The largest absolute Gasteiger partial charge is 0.481 e. The van der Waals surface area contributed by atoms with E-state index < -0.39 is 24.1 Å². The minimum absolute atomic E-state index is 0.305. The molecule has 33 heavy (non-hydrogen) atoms. The summed E-state index contributed by atoms with van der Waals surface area (Å²) < 4.78 is 32.0. The van der Waals surface area contributed by atoms with E-state index in [-0.39, 0.29) is 0 Å². The number of hydrogen-bond acceptors (Lipinski definition) is 2. The molecule has 2 aliphatic rings. The maximum atomic E-state index is 13.4. The van der Waals surface area contributed by atoms with E-state index in [1.165, 1.54) is 82.1 Å². The van der Waals surface area contributed by atoms with Crippen molar-refractivity contribution >= 4 is 5.97 Å². The molecule has 182 valence electrons. The summed E-state index contributed by atoms with van der Waals surface area (Å²) in [6, 6.07) is 7.66. The van der Waals surface area contributed by atoms with E-state index >= 15 is 0 Å². The van der Waals surface area contributed by atoms with E-state index in [2.05, 4.69) is 6.92 Å². The molecule has 0 amide bonds. The van der Waals surface area contributed by atoms with Crippen LogP contribution in [0.5, 0.6) is 0 Å². The van der Waals surface area contributed by atoms with Gasteiger partial charge in [-0.2, -0.15) is 8.78 Å². The molecule has 1 fully saturated rings. The zero-order valence-corrected chi connectivity index (χ0v) is 19.7. The van der Waals surface area contributed by atoms with Gasteiger partial charge in [-0.25, -0.2) is 0 Å². The first-order valence-electron chi connectivity index (χ1n) is 12.6. The molecule has 1 saturated carbocycles. The fourth-order valence-corrected chi connectivity index (χ4v) is 5.43. The molecular weight excluding hydrogens is 422 g/mol. The van der Waals surface area contributed by atoms with Crippen molar-refractivity contribution in [2.45, 2.75) is 95.7 Å². The van der Waals surface area contributed by atoms with Gasteiger partial charge in [0.15, 0.2) is 0 Å². The Bertz CT molecular complexity index is 795. The number of halogens is 2. The maximum Gasteiger partial charge on any atom is 0.346 e. The van der Waals surface area contributed by atoms with Gasteiger partial charge in [-0.05, 0) is 60.8 Å². The van der Waals surface area contributed by atoms with E-state index in [4.69, 9.17) is 4.74 Å². The van der Waals surface area contributed by atoms with Crippen LogP contribution in [0, 0.1) is 11.8 Å². The maximum absolute atomic E-state index is 13.4. The van der Waals surface area contributed by atoms with Crippen LogP contribution >= 0.6 is 0 Å². The SMILES string of the molecule is CCCCCCCC[C@H]1CC[C@H](c2ccccc2C2(OC(F)F)C=CC(C(=O)O)C=C2)CC1. The van der Waals surface area contributed by atoms with E-state index in [0.717, 1.165) is 24.3 Å². The number of unbranched alkanes of at least 4 members (excludes halogenated alkanes) is 5. The molecule has 1 aromatic carbocycles. The molecule has 0 unspecified atom stereocenters. The summed E-state index contributed by atoms with van der Waals surface area (Å²) in [7, 11) is 0. The Morgan fingerprint density at radius 2 is 1.67 bits per heavy atom. The van der Waals surface area contributed by atoms with E-state index in [1.54, 1.807) is 0 Å². The number of aliphatic carboxylic acids is 1. The summed E-state index contributed by atoms with van der Waals surface area (Å²) in [6.45, 7) is -0.729. The van der Waals surface area contributed by atoms with E-state index in [0.29, 0.717) is 11.5 Å². The molecule has 3 rings (SSSR count). The van der Waals surface area contributed by atoms with Gasteiger partial charge in [-0.1, -0.05) is 88.3 Å². The topological polar surface area (TPSA) is 46.5 Å². The molecule has 0 atom stereocenters. The minimum atomic E-state index is -2.97. The van der Waals surface area contributed by atoms with Gasteiger partial charge in [-0.3, -0.25) is 4.79 Å². The number of benzene rings is 1. The normalized spacial score (nSPS) is 27.2. The third-order valence-electron chi connectivity index (χ3n) is 7.31. The molecule has 0 aromatic heterocycles. The standard InChI is InChI=1S/C28H38F2O3/c1-2-3-4-5-6-7-10-21-13-15-22(16-14-21)24-11-8-9-12-25(24)28(33-27(29)30)19-17-23(18-20-28)26(31)32/h8-9,11-12,17-23,27H,2-7,10,13-16H2,1H3,(H,31,32)/t21-,22-,23?,28?. The molecule has 0 saturated heterocycles. The van der Waals surface area contributed by atoms with Gasteiger partial charge in [0.1, 0.15) is 5.60 Å². The van der Waals surface area contributed by atoms with Crippen LogP contribution in [0.25, 0.3) is 0 Å². The first-order valence-corrected chi connectivity index (χ1v) is 12.6. The van der Waals surface area contributed by atoms with Gasteiger partial charge in [0.25, 0.3) is 0 Å². The lowest BCUT2D eigenvalue weighted by Gasteiger charge is -2.36. The Morgan fingerprint density at radius 3 is 2.30 bits per heavy atom. The third kappa shape index (κ3) is 6.99. The Kier molecular flexibility index (Phi) is 9.66. The second-order valence-corrected chi connectivity index (χ2v) is 9.62. The van der Waals surface area contributed by atoms with E-state index in [9.17, 15) is 18.7 Å². The van der Waals surface area contributed by atoms with Gasteiger partial charge in [0, 0.05) is 0 Å². The Hall–Kier alpha value is -2.01. The van der Waals surface area contributed by atoms with Gasteiger partial charge in [-0.15, -0.1) is 0 Å². The summed E-state index contributed by atoms with van der Waals surface area (Å²) in [5, 5.41) is 9.27. The van der Waals surface area contributed by atoms with E-state index in [1.807, 2.05) is 24.3 Å². The zero-order chi connectivity index (χ0) is 23.7. The molecule has 1 N–H and O–H groups in total. The highest BCUT2D eigenvalue weighted by atomic mass is 19.3. The molecular formula is C28H38F2O3. The van der Waals surface area contributed by atoms with Crippen molar-refractivity contribution in [1.29, 1.82) is 0 Å². The van der Waals surface area contributed by atoms with Crippen LogP contribution in [-0.4, -0.2) is 17.7 Å². The summed E-state index contributed by atoms with van der Waals surface area (Å²) in [4.78, 5) is 11.3. The van der Waals surface area contributed by atoms with Crippen molar-refractivity contribution < 1.29 is 23.4 Å². The molecule has 2 aliphatic carbocycles. The van der Waals surface area contributed by atoms with Crippen molar-refractivity contribution in [2.24, 2.45) is 11.8 Å². The number of alkyl halides is 2. The highest BCUT2D eigenvalue weighted by molar-refractivity contribution is 5.75. The van der Waals surface area contributed by atoms with Crippen LogP contribution in [0.15, 0.2) is 48.6 Å². The fraction of sp³-hybridized carbons (Fsp3) is 0.607. The zero-order valence-electron chi connectivity index (χ0n) is 19.7. The molecule has 0 bridgehead atoms. The molecule has 5 heteroatoms. The summed E-state index contributed by atoms with van der Waals surface area (Å²) in [5.41, 5.74) is 0.298. The molecule has 0 radical (unpaired) electrons. The summed E-state index contributed by atoms with van der Waals surface area (Å²) in [6.07, 6.45) is 19.5. The van der Waals surface area contributed by atoms with Gasteiger partial charge < -0.3 is 9.84 Å². The molecule has 1 aromatic rings. The predicted octanol–water partition coefficient (Wildman–Crippen LogP) is 7.97. The lowest BCUT2D eigenvalue weighted by Crippen LogP contribution is -2.32. The summed E-state index contributed by atoms with van der Waals surface area (Å²) in [5.74, 6) is -0.773. The van der Waals surface area contributed by atoms with Crippen LogP contribution < -0.4 is 0 Å². The first-order chi connectivity index (χ1) is 15.9. The molecule has 0 heterocycles. The number of carboxylic acid groups (broad SMARTS) is 1. The average molecular weight is 461 g/mol. The fourth-order valence-electron chi connectivity index (χ4n) is 5.43. The summed E-state index contributed by atoms with van der Waals surface area (Å²) >= 11 is 0. The number of carboxylic acids is 1. The highest BCUT2D eigenvalue weighted by Crippen LogP contribution is 2.44. The van der Waals surface area contributed by atoms with Gasteiger partial charge in [0.05, 0.1) is 5.92 Å². The Balaban J connectivity index is 1.67. The highest BCUT2D eigenvalue weighted by Gasteiger charge is 2.38. The number of rotatable bonds is 12. The number of ether oxygens (including phenoxy) is 1. The third-order valence-corrected chi connectivity index (χ3v) is 7.31. The first kappa shape index (κ1) is 25.6. The lowest BCUT2D eigenvalue weighted by atomic mass is 9.73. The van der Waals surface area contributed by atoms with Crippen molar-refractivity contribution in [3.8, 4) is 0 Å². The van der Waals surface area contributed by atoms with Gasteiger partial charge in [0.2, 0.25) is 0 Å². The molecule has 3 nitrogen and oxygen atoms in total. The van der Waals surface area contributed by atoms with Crippen molar-refractivity contribution in [2.75, 3.05) is 0 Å². The predicted molar refractivity (Wildman–Crippen MR) is 127 cm³/mol. The molecule has 0 aliphatic heterocycles. The number of hydrogen-bond donors (Lipinski definition) is 1. The smallest absolute Gasteiger partial charge is 0.346 e. The number of carbonyl (C=O) groups is 1. The molecule has 0 spiro atoms. The lowest BCUT2D eigenvalue weighted by molar-refractivity contribution is -0.180. The monoisotopic (exact) mass is 460 g/mol. The minimum Gasteiger partial charge on any atom is -0.481 e.